The molecule has 1 aliphatic heterocycles. The second kappa shape index (κ2) is 6.80. The molecule has 4 nitrogen and oxygen atoms in total. The van der Waals surface area contributed by atoms with E-state index >= 15 is 0 Å². The molecule has 7 heteroatoms. The van der Waals surface area contributed by atoms with Crippen LogP contribution in [0.5, 0.6) is 5.75 Å². The normalized spacial score (nSPS) is 19.1. The first kappa shape index (κ1) is 15.6. The Labute approximate surface area is 120 Å². The Morgan fingerprint density at radius 2 is 2.14 bits per heavy atom. The molecule has 1 aromatic carbocycles. The highest BCUT2D eigenvalue weighted by Gasteiger charge is 2.32. The van der Waals surface area contributed by atoms with Crippen LogP contribution >= 0.6 is 0 Å². The number of piperidine rings is 1. The number of hydrogen-bond acceptors (Lipinski definition) is 3. The molecule has 1 fully saturated rings. The van der Waals surface area contributed by atoms with Gasteiger partial charge < -0.3 is 15.4 Å². The van der Waals surface area contributed by atoms with E-state index in [0.717, 1.165) is 19.4 Å². The summed E-state index contributed by atoms with van der Waals surface area (Å²) in [5, 5.41) is 5.79. The van der Waals surface area contributed by atoms with E-state index in [4.69, 9.17) is 0 Å². The van der Waals surface area contributed by atoms with Crippen LogP contribution < -0.4 is 15.4 Å². The standard InChI is InChI=1S/C14H17F3N2O2/c15-14(16,17)21-12-6-2-1-4-10(12)9-19-13(20)11-5-3-7-18-8-11/h1-2,4,6,11,18H,3,5,7-9H2,(H,19,20)/t11-/m0/s1. The molecule has 2 N–H and O–H groups in total. The zero-order valence-electron chi connectivity index (χ0n) is 11.4. The van der Waals surface area contributed by atoms with Crippen LogP contribution in [0, 0.1) is 5.92 Å². The maximum atomic E-state index is 12.3. The number of alkyl halides is 3. The lowest BCUT2D eigenvalue weighted by atomic mass is 9.99. The molecule has 1 atom stereocenters. The van der Waals surface area contributed by atoms with Crippen molar-refractivity contribution in [3.8, 4) is 5.75 Å². The molecule has 0 aromatic heterocycles. The van der Waals surface area contributed by atoms with Crippen LogP contribution in [0.15, 0.2) is 24.3 Å². The van der Waals surface area contributed by atoms with Gasteiger partial charge in [0.15, 0.2) is 0 Å². The summed E-state index contributed by atoms with van der Waals surface area (Å²) in [6, 6.07) is 5.79. The molecule has 1 saturated heterocycles. The van der Waals surface area contributed by atoms with Gasteiger partial charge in [0.25, 0.3) is 0 Å². The van der Waals surface area contributed by atoms with Gasteiger partial charge in [-0.25, -0.2) is 0 Å². The minimum atomic E-state index is -4.74. The summed E-state index contributed by atoms with van der Waals surface area (Å²) in [5.74, 6) is -0.564. The third-order valence-electron chi connectivity index (χ3n) is 3.32. The van der Waals surface area contributed by atoms with Crippen LogP contribution in [0.1, 0.15) is 18.4 Å². The first-order chi connectivity index (χ1) is 9.96. The van der Waals surface area contributed by atoms with E-state index in [9.17, 15) is 18.0 Å². The fraction of sp³-hybridized carbons (Fsp3) is 0.500. The molecule has 0 saturated carbocycles. The van der Waals surface area contributed by atoms with E-state index < -0.39 is 6.36 Å². The number of para-hydroxylation sites is 1. The molecule has 0 unspecified atom stereocenters. The number of carbonyl (C=O) groups excluding carboxylic acids is 1. The molecule has 21 heavy (non-hydrogen) atoms. The van der Waals surface area contributed by atoms with Crippen molar-refractivity contribution in [3.05, 3.63) is 29.8 Å². The topological polar surface area (TPSA) is 50.4 Å². The maximum absolute atomic E-state index is 12.3. The number of amides is 1. The second-order valence-corrected chi connectivity index (χ2v) is 4.92. The zero-order chi connectivity index (χ0) is 15.3. The Bertz CT molecular complexity index is 485. The average Bonchev–Trinajstić information content (AvgIpc) is 2.45. The summed E-state index contributed by atoms with van der Waals surface area (Å²) in [5.41, 5.74) is 0.298. The highest BCUT2D eigenvalue weighted by atomic mass is 19.4. The van der Waals surface area contributed by atoms with Crippen molar-refractivity contribution in [1.29, 1.82) is 0 Å². The van der Waals surface area contributed by atoms with Crippen molar-refractivity contribution < 1.29 is 22.7 Å². The summed E-state index contributed by atoms with van der Waals surface area (Å²) < 4.78 is 40.8. The van der Waals surface area contributed by atoms with E-state index in [1.807, 2.05) is 0 Å². The SMILES string of the molecule is O=C(NCc1ccccc1OC(F)(F)F)[C@H]1CCCNC1. The Morgan fingerprint density at radius 3 is 2.81 bits per heavy atom. The summed E-state index contributed by atoms with van der Waals surface area (Å²) in [6.45, 7) is 1.51. The molecule has 0 aliphatic carbocycles. The second-order valence-electron chi connectivity index (χ2n) is 4.92. The fourth-order valence-corrected chi connectivity index (χ4v) is 2.28. The van der Waals surface area contributed by atoms with E-state index in [1.165, 1.54) is 18.2 Å². The molecule has 0 bridgehead atoms. The van der Waals surface area contributed by atoms with Crippen molar-refractivity contribution >= 4 is 5.91 Å². The van der Waals surface area contributed by atoms with Crippen LogP contribution in [0.2, 0.25) is 0 Å². The predicted octanol–water partition coefficient (Wildman–Crippen LogP) is 2.20. The Kier molecular flexibility index (Phi) is 5.06. The monoisotopic (exact) mass is 302 g/mol. The van der Waals surface area contributed by atoms with E-state index in [1.54, 1.807) is 6.07 Å². The minimum Gasteiger partial charge on any atom is -0.405 e. The quantitative estimate of drug-likeness (QED) is 0.896. The molecule has 1 amide bonds. The lowest BCUT2D eigenvalue weighted by Crippen LogP contribution is -2.40. The van der Waals surface area contributed by atoms with E-state index in [2.05, 4.69) is 15.4 Å². The fourth-order valence-electron chi connectivity index (χ4n) is 2.28. The summed E-state index contributed by atoms with van der Waals surface area (Å²) in [4.78, 5) is 12.0. The molecule has 2 rings (SSSR count). The molecular weight excluding hydrogens is 285 g/mol. The Morgan fingerprint density at radius 1 is 1.38 bits per heavy atom. The number of hydrogen-bond donors (Lipinski definition) is 2. The van der Waals surface area contributed by atoms with Gasteiger partial charge in [-0.2, -0.15) is 0 Å². The number of nitrogens with one attached hydrogen (secondary N) is 2. The predicted molar refractivity (Wildman–Crippen MR) is 70.6 cm³/mol. The number of rotatable bonds is 4. The van der Waals surface area contributed by atoms with Crippen molar-refractivity contribution in [2.75, 3.05) is 13.1 Å². The third-order valence-corrected chi connectivity index (χ3v) is 3.32. The van der Waals surface area contributed by atoms with Gasteiger partial charge in [-0.1, -0.05) is 18.2 Å². The zero-order valence-corrected chi connectivity index (χ0v) is 11.4. The third kappa shape index (κ3) is 4.93. The van der Waals surface area contributed by atoms with Gasteiger partial charge in [0.2, 0.25) is 5.91 Å². The van der Waals surface area contributed by atoms with E-state index in [0.29, 0.717) is 12.1 Å². The number of carbonyl (C=O) groups is 1. The van der Waals surface area contributed by atoms with Gasteiger partial charge in [-0.15, -0.1) is 13.2 Å². The van der Waals surface area contributed by atoms with Crippen LogP contribution in [-0.2, 0) is 11.3 Å². The van der Waals surface area contributed by atoms with Crippen molar-refractivity contribution in [1.82, 2.24) is 10.6 Å². The number of halogens is 3. The summed E-state index contributed by atoms with van der Waals surface area (Å²) >= 11 is 0. The minimum absolute atomic E-state index is 0.0155. The van der Waals surface area contributed by atoms with E-state index in [-0.39, 0.29) is 24.1 Å². The highest BCUT2D eigenvalue weighted by Crippen LogP contribution is 2.26. The lowest BCUT2D eigenvalue weighted by molar-refractivity contribution is -0.274. The van der Waals surface area contributed by atoms with Crippen LogP contribution in [-0.4, -0.2) is 25.4 Å². The van der Waals surface area contributed by atoms with Gasteiger partial charge in [0.05, 0.1) is 5.92 Å². The van der Waals surface area contributed by atoms with Crippen LogP contribution in [0.3, 0.4) is 0 Å². The van der Waals surface area contributed by atoms with Crippen molar-refractivity contribution in [2.45, 2.75) is 25.7 Å². The van der Waals surface area contributed by atoms with Gasteiger partial charge in [-0.3, -0.25) is 4.79 Å². The largest absolute Gasteiger partial charge is 0.573 e. The highest BCUT2D eigenvalue weighted by molar-refractivity contribution is 5.79. The number of benzene rings is 1. The molecule has 1 aliphatic rings. The van der Waals surface area contributed by atoms with Crippen LogP contribution in [0.25, 0.3) is 0 Å². The van der Waals surface area contributed by atoms with Crippen LogP contribution in [0.4, 0.5) is 13.2 Å². The van der Waals surface area contributed by atoms with Gasteiger partial charge >= 0.3 is 6.36 Å². The summed E-state index contributed by atoms with van der Waals surface area (Å²) in [7, 11) is 0. The molecule has 116 valence electrons. The average molecular weight is 302 g/mol. The van der Waals surface area contributed by atoms with Crippen molar-refractivity contribution in [3.63, 3.8) is 0 Å². The molecule has 0 spiro atoms. The maximum Gasteiger partial charge on any atom is 0.573 e. The lowest BCUT2D eigenvalue weighted by Gasteiger charge is -2.22. The molecule has 1 heterocycles. The Balaban J connectivity index is 1.94. The molecular formula is C14H17F3N2O2. The first-order valence-corrected chi connectivity index (χ1v) is 6.78. The Hall–Kier alpha value is -1.76. The smallest absolute Gasteiger partial charge is 0.405 e. The van der Waals surface area contributed by atoms with Gasteiger partial charge in [-0.05, 0) is 25.5 Å². The summed E-state index contributed by atoms with van der Waals surface area (Å²) in [6.07, 6.45) is -3.03. The molecule has 0 radical (unpaired) electrons. The van der Waals surface area contributed by atoms with Crippen molar-refractivity contribution in [2.24, 2.45) is 5.92 Å². The van der Waals surface area contributed by atoms with Gasteiger partial charge in [0, 0.05) is 18.7 Å². The first-order valence-electron chi connectivity index (χ1n) is 6.78. The van der Waals surface area contributed by atoms with Gasteiger partial charge in [0.1, 0.15) is 5.75 Å². The molecule has 1 aromatic rings. The number of ether oxygens (including phenoxy) is 1.